The van der Waals surface area contributed by atoms with Gasteiger partial charge in [0.25, 0.3) is 0 Å². The Morgan fingerprint density at radius 3 is 2.81 bits per heavy atom. The minimum atomic E-state index is -3.53. The highest BCUT2D eigenvalue weighted by Gasteiger charge is 2.14. The van der Waals surface area contributed by atoms with Gasteiger partial charge in [0.1, 0.15) is 0 Å². The van der Waals surface area contributed by atoms with E-state index in [9.17, 15) is 8.42 Å². The van der Waals surface area contributed by atoms with Gasteiger partial charge in [-0.15, -0.1) is 0 Å². The molecule has 0 spiro atoms. The zero-order chi connectivity index (χ0) is 15.5. The summed E-state index contributed by atoms with van der Waals surface area (Å²) >= 11 is 0. The number of rotatable bonds is 6. The van der Waals surface area contributed by atoms with Crippen LogP contribution in [0.5, 0.6) is 0 Å². The first-order chi connectivity index (χ1) is 9.88. The molecule has 0 radical (unpaired) electrons. The minimum absolute atomic E-state index is 0.202. The molecular formula is C14H20N4O2S. The third-order valence-electron chi connectivity index (χ3n) is 3.09. The molecular weight excluding hydrogens is 288 g/mol. The largest absolute Gasteiger partial charge is 0.324 e. The summed E-state index contributed by atoms with van der Waals surface area (Å²) in [6, 6.07) is 6.48. The fourth-order valence-corrected chi connectivity index (χ4v) is 3.01. The van der Waals surface area contributed by atoms with Gasteiger partial charge in [-0.25, -0.2) is 13.1 Å². The van der Waals surface area contributed by atoms with Crippen molar-refractivity contribution < 1.29 is 8.42 Å². The lowest BCUT2D eigenvalue weighted by Crippen LogP contribution is -2.27. The Hall–Kier alpha value is -1.70. The molecule has 1 heterocycles. The predicted molar refractivity (Wildman–Crippen MR) is 81.2 cm³/mol. The monoisotopic (exact) mass is 308 g/mol. The number of nitrogens with one attached hydrogen (secondary N) is 1. The van der Waals surface area contributed by atoms with Crippen molar-refractivity contribution in [3.8, 4) is 0 Å². The van der Waals surface area contributed by atoms with E-state index in [1.54, 1.807) is 29.1 Å². The second-order valence-corrected chi connectivity index (χ2v) is 6.81. The van der Waals surface area contributed by atoms with E-state index in [0.717, 1.165) is 11.1 Å². The molecule has 0 aliphatic carbocycles. The van der Waals surface area contributed by atoms with Crippen molar-refractivity contribution in [2.75, 3.05) is 6.54 Å². The molecule has 6 nitrogen and oxygen atoms in total. The van der Waals surface area contributed by atoms with Crippen LogP contribution in [0, 0.1) is 6.92 Å². The maximum atomic E-state index is 12.2. The number of hydrogen-bond acceptors (Lipinski definition) is 4. The molecule has 3 N–H and O–H groups in total. The van der Waals surface area contributed by atoms with Crippen LogP contribution in [0.15, 0.2) is 41.6 Å². The molecule has 0 amide bonds. The molecule has 0 saturated carbocycles. The Balaban J connectivity index is 2.03. The van der Waals surface area contributed by atoms with Crippen molar-refractivity contribution in [3.63, 3.8) is 0 Å². The minimum Gasteiger partial charge on any atom is -0.324 e. The van der Waals surface area contributed by atoms with Crippen LogP contribution >= 0.6 is 0 Å². The van der Waals surface area contributed by atoms with Crippen LogP contribution in [-0.4, -0.2) is 24.7 Å². The predicted octanol–water partition coefficient (Wildman–Crippen LogP) is 1.19. The molecule has 2 aromatic rings. The number of nitrogens with two attached hydrogens (primary N) is 1. The lowest BCUT2D eigenvalue weighted by molar-refractivity contribution is 0.560. The lowest BCUT2D eigenvalue weighted by atomic mass is 10.1. The SMILES string of the molecule is Cc1cnn(CCNS(=O)(=O)c2cccc(C(C)N)c2)c1. The summed E-state index contributed by atoms with van der Waals surface area (Å²) in [5, 5.41) is 4.11. The Labute approximate surface area is 125 Å². The first-order valence-electron chi connectivity index (χ1n) is 6.73. The quantitative estimate of drug-likeness (QED) is 0.839. The molecule has 1 unspecified atom stereocenters. The van der Waals surface area contributed by atoms with E-state index in [2.05, 4.69) is 9.82 Å². The van der Waals surface area contributed by atoms with E-state index in [0.29, 0.717) is 6.54 Å². The lowest BCUT2D eigenvalue weighted by Gasteiger charge is -2.10. The third kappa shape index (κ3) is 4.13. The number of benzene rings is 1. The zero-order valence-corrected chi connectivity index (χ0v) is 13.0. The maximum Gasteiger partial charge on any atom is 0.240 e. The van der Waals surface area contributed by atoms with E-state index >= 15 is 0 Å². The van der Waals surface area contributed by atoms with Gasteiger partial charge in [-0.1, -0.05) is 12.1 Å². The first kappa shape index (κ1) is 15.7. The fraction of sp³-hybridized carbons (Fsp3) is 0.357. The fourth-order valence-electron chi connectivity index (χ4n) is 1.93. The summed E-state index contributed by atoms with van der Waals surface area (Å²) in [5.41, 5.74) is 7.61. The van der Waals surface area contributed by atoms with Gasteiger partial charge < -0.3 is 5.73 Å². The second-order valence-electron chi connectivity index (χ2n) is 5.04. The van der Waals surface area contributed by atoms with Gasteiger partial charge in [-0.05, 0) is 37.1 Å². The number of aromatic nitrogens is 2. The van der Waals surface area contributed by atoms with E-state index in [1.807, 2.05) is 26.1 Å². The van der Waals surface area contributed by atoms with Crippen LogP contribution in [0.3, 0.4) is 0 Å². The Bertz CT molecular complexity index is 707. The highest BCUT2D eigenvalue weighted by molar-refractivity contribution is 7.89. The van der Waals surface area contributed by atoms with Crippen LogP contribution in [-0.2, 0) is 16.6 Å². The molecule has 114 valence electrons. The van der Waals surface area contributed by atoms with Gasteiger partial charge in [0, 0.05) is 18.8 Å². The number of nitrogens with zero attached hydrogens (tertiary/aromatic N) is 2. The van der Waals surface area contributed by atoms with Crippen molar-refractivity contribution in [2.24, 2.45) is 5.73 Å². The summed E-state index contributed by atoms with van der Waals surface area (Å²) < 4.78 is 28.7. The molecule has 1 aromatic carbocycles. The number of hydrogen-bond donors (Lipinski definition) is 2. The molecule has 0 aliphatic heterocycles. The summed E-state index contributed by atoms with van der Waals surface area (Å²) in [7, 11) is -3.53. The van der Waals surface area contributed by atoms with Crippen LogP contribution in [0.4, 0.5) is 0 Å². The number of aryl methyl sites for hydroxylation is 1. The van der Waals surface area contributed by atoms with Crippen LogP contribution < -0.4 is 10.5 Å². The normalized spacial score (nSPS) is 13.3. The van der Waals surface area contributed by atoms with Crippen LogP contribution in [0.2, 0.25) is 0 Å². The third-order valence-corrected chi connectivity index (χ3v) is 4.55. The first-order valence-corrected chi connectivity index (χ1v) is 8.21. The summed E-state index contributed by atoms with van der Waals surface area (Å²) in [5.74, 6) is 0. The van der Waals surface area contributed by atoms with Crippen molar-refractivity contribution >= 4 is 10.0 Å². The highest BCUT2D eigenvalue weighted by Crippen LogP contribution is 2.15. The van der Waals surface area contributed by atoms with Crippen molar-refractivity contribution in [3.05, 3.63) is 47.8 Å². The molecule has 21 heavy (non-hydrogen) atoms. The second kappa shape index (κ2) is 6.38. The van der Waals surface area contributed by atoms with Gasteiger partial charge >= 0.3 is 0 Å². The van der Waals surface area contributed by atoms with Crippen LogP contribution in [0.25, 0.3) is 0 Å². The van der Waals surface area contributed by atoms with E-state index in [1.165, 1.54) is 0 Å². The highest BCUT2D eigenvalue weighted by atomic mass is 32.2. The molecule has 7 heteroatoms. The van der Waals surface area contributed by atoms with Gasteiger partial charge in [0.15, 0.2) is 0 Å². The Morgan fingerprint density at radius 1 is 1.43 bits per heavy atom. The van der Waals surface area contributed by atoms with Gasteiger partial charge in [0.05, 0.1) is 17.6 Å². The van der Waals surface area contributed by atoms with Gasteiger partial charge in [0.2, 0.25) is 10.0 Å². The zero-order valence-electron chi connectivity index (χ0n) is 12.2. The van der Waals surface area contributed by atoms with Crippen LogP contribution in [0.1, 0.15) is 24.1 Å². The molecule has 0 fully saturated rings. The van der Waals surface area contributed by atoms with Gasteiger partial charge in [-0.2, -0.15) is 5.10 Å². The Morgan fingerprint density at radius 2 is 2.19 bits per heavy atom. The summed E-state index contributed by atoms with van der Waals surface area (Å²) in [6.45, 7) is 4.53. The topological polar surface area (TPSA) is 90.0 Å². The smallest absolute Gasteiger partial charge is 0.240 e. The molecule has 2 rings (SSSR count). The average Bonchev–Trinajstić information content (AvgIpc) is 2.84. The van der Waals surface area contributed by atoms with E-state index in [-0.39, 0.29) is 17.5 Å². The summed E-state index contributed by atoms with van der Waals surface area (Å²) in [6.07, 6.45) is 3.60. The van der Waals surface area contributed by atoms with Crippen molar-refractivity contribution in [2.45, 2.75) is 31.3 Å². The van der Waals surface area contributed by atoms with Crippen molar-refractivity contribution in [1.82, 2.24) is 14.5 Å². The summed E-state index contributed by atoms with van der Waals surface area (Å²) in [4.78, 5) is 0.231. The van der Waals surface area contributed by atoms with Gasteiger partial charge in [-0.3, -0.25) is 4.68 Å². The molecule has 0 aliphatic rings. The Kier molecular flexibility index (Phi) is 4.76. The molecule has 1 aromatic heterocycles. The average molecular weight is 308 g/mol. The maximum absolute atomic E-state index is 12.2. The van der Waals surface area contributed by atoms with Crippen molar-refractivity contribution in [1.29, 1.82) is 0 Å². The standard InChI is InChI=1S/C14H20N4O2S/c1-11-9-16-18(10-11)7-6-17-21(19,20)14-5-3-4-13(8-14)12(2)15/h3-5,8-10,12,17H,6-7,15H2,1-2H3. The molecule has 0 saturated heterocycles. The molecule has 0 bridgehead atoms. The molecule has 1 atom stereocenters. The van der Waals surface area contributed by atoms with E-state index in [4.69, 9.17) is 5.73 Å². The van der Waals surface area contributed by atoms with E-state index < -0.39 is 10.0 Å². The number of sulfonamides is 1.